The Labute approximate surface area is 136 Å². The molecule has 1 saturated carbocycles. The van der Waals surface area contributed by atoms with E-state index in [4.69, 9.17) is 4.74 Å². The Morgan fingerprint density at radius 3 is 2.83 bits per heavy atom. The van der Waals surface area contributed by atoms with Crippen LogP contribution < -0.4 is 10.1 Å². The molecule has 0 radical (unpaired) electrons. The summed E-state index contributed by atoms with van der Waals surface area (Å²) in [4.78, 5) is 36.9. The number of benzene rings is 1. The highest BCUT2D eigenvalue weighted by Crippen LogP contribution is 2.63. The molecule has 3 fully saturated rings. The van der Waals surface area contributed by atoms with Crippen LogP contribution in [0.2, 0.25) is 0 Å². The summed E-state index contributed by atoms with van der Waals surface area (Å²) in [5, 5.41) is 11.6. The van der Waals surface area contributed by atoms with Crippen LogP contribution in [-0.2, 0) is 14.4 Å². The molecule has 2 N–H and O–H groups in total. The monoisotopic (exact) mass is 334 g/mol. The molecule has 2 amide bonds. The van der Waals surface area contributed by atoms with Gasteiger partial charge in [0, 0.05) is 5.25 Å². The second-order valence-corrected chi connectivity index (χ2v) is 7.13. The normalized spacial score (nSPS) is 33.3. The smallest absolute Gasteiger partial charge is 0.330 e. The molecule has 0 aromatic heterocycles. The number of nitrogens with zero attached hydrogens (tertiary/aromatic N) is 1. The van der Waals surface area contributed by atoms with Crippen molar-refractivity contribution in [3.8, 4) is 5.75 Å². The number of ether oxygens (including phenoxy) is 1. The van der Waals surface area contributed by atoms with E-state index in [1.807, 2.05) is 6.07 Å². The number of thioether (sulfide) groups is 1. The lowest BCUT2D eigenvalue weighted by Gasteiger charge is -2.45. The number of nitrogens with one attached hydrogen (secondary N) is 1. The number of carboxylic acid groups (broad SMARTS) is 1. The van der Waals surface area contributed by atoms with Gasteiger partial charge in [-0.3, -0.25) is 9.59 Å². The van der Waals surface area contributed by atoms with Crippen molar-refractivity contribution in [2.75, 3.05) is 6.61 Å². The molecule has 1 aromatic carbocycles. The summed E-state index contributed by atoms with van der Waals surface area (Å²) in [5.74, 6) is -1.09. The van der Waals surface area contributed by atoms with E-state index in [0.717, 1.165) is 0 Å². The topological polar surface area (TPSA) is 95.9 Å². The molecule has 1 aliphatic carbocycles. The van der Waals surface area contributed by atoms with Gasteiger partial charge in [0.2, 0.25) is 5.91 Å². The van der Waals surface area contributed by atoms with Crippen LogP contribution in [0.5, 0.6) is 5.75 Å². The summed E-state index contributed by atoms with van der Waals surface area (Å²) in [6.07, 6.45) is 0.493. The van der Waals surface area contributed by atoms with Crippen molar-refractivity contribution in [2.45, 2.75) is 28.6 Å². The predicted octanol–water partition coefficient (Wildman–Crippen LogP) is 0.0610. The largest absolute Gasteiger partial charge is 0.484 e. The molecule has 2 heterocycles. The SMILES string of the molecule is O=C(COc1ccccc1)NC1C(=O)N2[C@H]1SC1CC12C(=O)O. The van der Waals surface area contributed by atoms with E-state index in [1.54, 1.807) is 24.3 Å². The highest BCUT2D eigenvalue weighted by Gasteiger charge is 2.78. The quantitative estimate of drug-likeness (QED) is 0.740. The third-order valence-corrected chi connectivity index (χ3v) is 6.09. The number of carbonyl (C=O) groups is 3. The minimum Gasteiger partial charge on any atom is -0.484 e. The van der Waals surface area contributed by atoms with Crippen molar-refractivity contribution < 1.29 is 24.2 Å². The van der Waals surface area contributed by atoms with Gasteiger partial charge in [-0.15, -0.1) is 11.8 Å². The van der Waals surface area contributed by atoms with Crippen LogP contribution in [0.25, 0.3) is 0 Å². The number of para-hydroxylation sites is 1. The van der Waals surface area contributed by atoms with Gasteiger partial charge in [-0.2, -0.15) is 0 Å². The summed E-state index contributed by atoms with van der Waals surface area (Å²) in [7, 11) is 0. The number of hydrogen-bond donors (Lipinski definition) is 2. The number of carbonyl (C=O) groups excluding carboxylic acids is 2. The molecule has 0 spiro atoms. The van der Waals surface area contributed by atoms with E-state index >= 15 is 0 Å². The number of hydrogen-bond acceptors (Lipinski definition) is 5. The van der Waals surface area contributed by atoms with Gasteiger partial charge < -0.3 is 20.1 Å². The molecule has 23 heavy (non-hydrogen) atoms. The second-order valence-electron chi connectivity index (χ2n) is 5.80. The molecule has 120 valence electrons. The van der Waals surface area contributed by atoms with Crippen LogP contribution in [0.15, 0.2) is 30.3 Å². The molecule has 7 nitrogen and oxygen atoms in total. The third-order valence-electron chi connectivity index (χ3n) is 4.45. The van der Waals surface area contributed by atoms with Crippen LogP contribution in [0.4, 0.5) is 0 Å². The zero-order chi connectivity index (χ0) is 16.2. The predicted molar refractivity (Wildman–Crippen MR) is 80.9 cm³/mol. The minimum atomic E-state index is -1.03. The number of rotatable bonds is 5. The van der Waals surface area contributed by atoms with Crippen molar-refractivity contribution in [2.24, 2.45) is 0 Å². The lowest BCUT2D eigenvalue weighted by atomic mass is 10.0. The minimum absolute atomic E-state index is 0.0589. The van der Waals surface area contributed by atoms with E-state index in [2.05, 4.69) is 5.32 Å². The van der Waals surface area contributed by atoms with Gasteiger partial charge in [0.15, 0.2) is 12.1 Å². The molecular formula is C15H14N2O5S. The maximum Gasteiger partial charge on any atom is 0.330 e. The van der Waals surface area contributed by atoms with Crippen molar-refractivity contribution in [3.05, 3.63) is 30.3 Å². The summed E-state index contributed by atoms with van der Waals surface area (Å²) < 4.78 is 5.33. The molecular weight excluding hydrogens is 320 g/mol. The van der Waals surface area contributed by atoms with Crippen LogP contribution in [0.3, 0.4) is 0 Å². The highest BCUT2D eigenvalue weighted by molar-refractivity contribution is 8.01. The molecule has 4 atom stereocenters. The first-order valence-electron chi connectivity index (χ1n) is 7.23. The molecule has 0 bridgehead atoms. The average molecular weight is 334 g/mol. The summed E-state index contributed by atoms with van der Waals surface area (Å²) in [6.45, 7) is -0.182. The first kappa shape index (κ1) is 14.4. The average Bonchev–Trinajstić information content (AvgIpc) is 3.19. The standard InChI is InChI=1S/C15H14N2O5S/c18-10(7-22-8-4-2-1-3-5-8)16-11-12(19)17-13(11)23-9-6-15(9,17)14(20)21/h1-5,9,11,13H,6-7H2,(H,16,18)(H,20,21)/t9?,11?,13-,15?/m0/s1. The van der Waals surface area contributed by atoms with Gasteiger partial charge in [-0.25, -0.2) is 4.79 Å². The summed E-state index contributed by atoms with van der Waals surface area (Å²) >= 11 is 1.45. The zero-order valence-corrected chi connectivity index (χ0v) is 12.8. The molecule has 2 saturated heterocycles. The number of β-lactam (4-membered cyclic amide) rings is 1. The van der Waals surface area contributed by atoms with E-state index in [1.165, 1.54) is 16.7 Å². The van der Waals surface area contributed by atoms with Crippen LogP contribution in [0, 0.1) is 0 Å². The van der Waals surface area contributed by atoms with Gasteiger partial charge in [0.1, 0.15) is 17.2 Å². The van der Waals surface area contributed by atoms with E-state index in [9.17, 15) is 19.5 Å². The summed E-state index contributed by atoms with van der Waals surface area (Å²) in [5.41, 5.74) is -1.03. The maximum absolute atomic E-state index is 12.2. The van der Waals surface area contributed by atoms with E-state index < -0.39 is 23.5 Å². The number of carboxylic acids is 1. The van der Waals surface area contributed by atoms with Crippen molar-refractivity contribution >= 4 is 29.5 Å². The Morgan fingerprint density at radius 1 is 1.39 bits per heavy atom. The fourth-order valence-corrected chi connectivity index (χ4v) is 5.06. The first-order chi connectivity index (χ1) is 11.0. The second kappa shape index (κ2) is 4.89. The van der Waals surface area contributed by atoms with E-state index in [-0.39, 0.29) is 23.1 Å². The number of fused-ring (bicyclic) bond motifs is 3. The van der Waals surface area contributed by atoms with Crippen LogP contribution in [-0.4, -0.2) is 56.6 Å². The highest BCUT2D eigenvalue weighted by atomic mass is 32.2. The lowest BCUT2D eigenvalue weighted by molar-refractivity contribution is -0.163. The van der Waals surface area contributed by atoms with Gasteiger partial charge in [-0.1, -0.05) is 18.2 Å². The molecule has 4 rings (SSSR count). The zero-order valence-electron chi connectivity index (χ0n) is 12.0. The maximum atomic E-state index is 12.2. The Balaban J connectivity index is 1.34. The Bertz CT molecular complexity index is 696. The molecule has 2 aliphatic heterocycles. The lowest BCUT2D eigenvalue weighted by Crippen LogP contribution is -2.72. The number of aliphatic carboxylic acids is 1. The van der Waals surface area contributed by atoms with Gasteiger partial charge in [0.05, 0.1) is 0 Å². The molecule has 3 aliphatic rings. The van der Waals surface area contributed by atoms with Crippen molar-refractivity contribution in [1.82, 2.24) is 10.2 Å². The Kier molecular flexibility index (Phi) is 3.06. The molecule has 8 heteroatoms. The molecule has 1 aromatic rings. The Hall–Kier alpha value is -2.22. The summed E-state index contributed by atoms with van der Waals surface area (Å²) in [6, 6.07) is 8.26. The fraction of sp³-hybridized carbons (Fsp3) is 0.400. The van der Waals surface area contributed by atoms with E-state index in [0.29, 0.717) is 12.2 Å². The molecule has 3 unspecified atom stereocenters. The van der Waals surface area contributed by atoms with Gasteiger partial charge in [-0.05, 0) is 18.6 Å². The fourth-order valence-electron chi connectivity index (χ4n) is 3.18. The van der Waals surface area contributed by atoms with Gasteiger partial charge in [0.25, 0.3) is 5.91 Å². The third kappa shape index (κ3) is 2.01. The van der Waals surface area contributed by atoms with Gasteiger partial charge >= 0.3 is 5.97 Å². The van der Waals surface area contributed by atoms with Crippen molar-refractivity contribution in [1.29, 1.82) is 0 Å². The number of amides is 2. The Morgan fingerprint density at radius 2 is 2.13 bits per heavy atom. The van der Waals surface area contributed by atoms with Crippen LogP contribution in [0.1, 0.15) is 6.42 Å². The van der Waals surface area contributed by atoms with Crippen molar-refractivity contribution in [3.63, 3.8) is 0 Å². The van der Waals surface area contributed by atoms with Crippen LogP contribution >= 0.6 is 11.8 Å². The first-order valence-corrected chi connectivity index (χ1v) is 8.17.